The van der Waals surface area contributed by atoms with Gasteiger partial charge in [0.2, 0.25) is 0 Å². The number of rotatable bonds is 6. The molecule has 4 aliphatic rings. The second-order valence-corrected chi connectivity index (χ2v) is 13.5. The largest absolute Gasteiger partial charge is 0.0845 e. The van der Waals surface area contributed by atoms with Crippen LogP contribution in [0.3, 0.4) is 0 Å². The lowest BCUT2D eigenvalue weighted by molar-refractivity contribution is -0.0538. The fourth-order valence-corrected chi connectivity index (χ4v) is 9.28. The lowest BCUT2D eigenvalue weighted by Crippen LogP contribution is -2.50. The number of fused-ring (bicyclic) bond motifs is 5. The summed E-state index contributed by atoms with van der Waals surface area (Å²) in [6.45, 7) is 17.7. The van der Waals surface area contributed by atoms with Gasteiger partial charge in [-0.05, 0) is 110 Å². The SMILES string of the molecule is CC(C)CCC[C@@H](C)[C@H]1CCC2C3CC=C4C[C@@H](C(C)C)CC[C@]4(C)C3CC[C@@]21C. The third kappa shape index (κ3) is 3.85. The molecule has 0 heteroatoms. The average molecular weight is 413 g/mol. The van der Waals surface area contributed by atoms with Gasteiger partial charge in [-0.25, -0.2) is 0 Å². The third-order valence-corrected chi connectivity index (χ3v) is 11.3. The second-order valence-electron chi connectivity index (χ2n) is 13.5. The van der Waals surface area contributed by atoms with Crippen molar-refractivity contribution in [3.63, 3.8) is 0 Å². The first-order valence-corrected chi connectivity index (χ1v) is 13.9. The minimum atomic E-state index is 0.538. The molecule has 4 aliphatic carbocycles. The summed E-state index contributed by atoms with van der Waals surface area (Å²) < 4.78 is 0. The third-order valence-electron chi connectivity index (χ3n) is 11.3. The van der Waals surface area contributed by atoms with Crippen molar-refractivity contribution in [3.8, 4) is 0 Å². The minimum Gasteiger partial charge on any atom is -0.0845 e. The molecule has 0 aromatic carbocycles. The van der Waals surface area contributed by atoms with Crippen LogP contribution < -0.4 is 0 Å². The molecular weight excluding hydrogens is 360 g/mol. The molecule has 0 spiro atoms. The highest BCUT2D eigenvalue weighted by atomic mass is 14.6. The van der Waals surface area contributed by atoms with Crippen LogP contribution in [-0.4, -0.2) is 0 Å². The standard InChI is InChI=1S/C30H52/c1-20(2)9-8-10-22(5)26-13-14-27-25-12-11-24-19-23(21(3)4)15-17-29(24,6)28(25)16-18-30(26,27)7/h11,20-23,25-28H,8-10,12-19H2,1-7H3/t22-,23+,25?,26-,27?,28?,29+,30-/m1/s1. The average Bonchev–Trinajstić information content (AvgIpc) is 3.04. The van der Waals surface area contributed by atoms with Crippen molar-refractivity contribution in [1.29, 1.82) is 0 Å². The highest BCUT2D eigenvalue weighted by Crippen LogP contribution is 2.67. The van der Waals surface area contributed by atoms with Crippen LogP contribution in [0.25, 0.3) is 0 Å². The van der Waals surface area contributed by atoms with E-state index in [2.05, 4.69) is 54.5 Å². The van der Waals surface area contributed by atoms with Crippen LogP contribution in [0.1, 0.15) is 119 Å². The molecule has 0 saturated heterocycles. The number of hydrogen-bond donors (Lipinski definition) is 0. The van der Waals surface area contributed by atoms with E-state index in [9.17, 15) is 0 Å². The zero-order valence-electron chi connectivity index (χ0n) is 21.5. The molecule has 30 heavy (non-hydrogen) atoms. The van der Waals surface area contributed by atoms with Crippen LogP contribution in [-0.2, 0) is 0 Å². The van der Waals surface area contributed by atoms with Gasteiger partial charge in [-0.1, -0.05) is 79.4 Å². The molecule has 3 saturated carbocycles. The molecule has 0 amide bonds. The predicted molar refractivity (Wildman–Crippen MR) is 131 cm³/mol. The van der Waals surface area contributed by atoms with Gasteiger partial charge in [-0.15, -0.1) is 0 Å². The van der Waals surface area contributed by atoms with E-state index in [1.54, 1.807) is 0 Å². The Labute approximate surface area is 189 Å². The van der Waals surface area contributed by atoms with Gasteiger partial charge in [0.15, 0.2) is 0 Å². The zero-order chi connectivity index (χ0) is 21.7. The van der Waals surface area contributed by atoms with E-state index in [1.165, 1.54) is 70.6 Å². The second kappa shape index (κ2) is 8.59. The normalized spacial score (nSPS) is 44.4. The van der Waals surface area contributed by atoms with Gasteiger partial charge in [0, 0.05) is 0 Å². The van der Waals surface area contributed by atoms with Gasteiger partial charge < -0.3 is 0 Å². The van der Waals surface area contributed by atoms with Gasteiger partial charge in [0.25, 0.3) is 0 Å². The molecule has 0 aliphatic heterocycles. The topological polar surface area (TPSA) is 0 Å². The maximum Gasteiger partial charge on any atom is -0.00851 e. The monoisotopic (exact) mass is 412 g/mol. The van der Waals surface area contributed by atoms with Crippen LogP contribution in [0.2, 0.25) is 0 Å². The molecule has 0 bridgehead atoms. The Balaban J connectivity index is 1.48. The van der Waals surface area contributed by atoms with Gasteiger partial charge in [-0.3, -0.25) is 0 Å². The summed E-state index contributed by atoms with van der Waals surface area (Å²) in [5.74, 6) is 7.57. The molecule has 0 nitrogen and oxygen atoms in total. The Kier molecular flexibility index (Phi) is 6.56. The van der Waals surface area contributed by atoms with Gasteiger partial charge >= 0.3 is 0 Å². The molecule has 172 valence electrons. The molecule has 0 N–H and O–H groups in total. The Morgan fingerprint density at radius 1 is 0.900 bits per heavy atom. The summed E-state index contributed by atoms with van der Waals surface area (Å²) in [6, 6.07) is 0. The zero-order valence-corrected chi connectivity index (χ0v) is 21.5. The molecular formula is C30H52. The Morgan fingerprint density at radius 3 is 2.37 bits per heavy atom. The van der Waals surface area contributed by atoms with Crippen LogP contribution in [0.4, 0.5) is 0 Å². The predicted octanol–water partition coefficient (Wildman–Crippen LogP) is 9.30. The molecule has 0 radical (unpaired) electrons. The first-order valence-electron chi connectivity index (χ1n) is 13.9. The molecule has 8 atom stereocenters. The van der Waals surface area contributed by atoms with Crippen molar-refractivity contribution in [2.75, 3.05) is 0 Å². The van der Waals surface area contributed by atoms with Crippen molar-refractivity contribution >= 4 is 0 Å². The highest BCUT2D eigenvalue weighted by Gasteiger charge is 2.59. The summed E-state index contributed by atoms with van der Waals surface area (Å²) in [6.07, 6.45) is 19.0. The Morgan fingerprint density at radius 2 is 1.67 bits per heavy atom. The summed E-state index contributed by atoms with van der Waals surface area (Å²) >= 11 is 0. The van der Waals surface area contributed by atoms with E-state index >= 15 is 0 Å². The Hall–Kier alpha value is -0.260. The number of allylic oxidation sites excluding steroid dienone is 2. The molecule has 0 aromatic heterocycles. The molecule has 3 fully saturated rings. The quantitative estimate of drug-likeness (QED) is 0.381. The van der Waals surface area contributed by atoms with E-state index in [0.717, 1.165) is 47.3 Å². The van der Waals surface area contributed by atoms with Crippen LogP contribution in [0.5, 0.6) is 0 Å². The van der Waals surface area contributed by atoms with Gasteiger partial charge in [-0.2, -0.15) is 0 Å². The summed E-state index contributed by atoms with van der Waals surface area (Å²) in [7, 11) is 0. The van der Waals surface area contributed by atoms with E-state index in [4.69, 9.17) is 0 Å². The minimum absolute atomic E-state index is 0.538. The van der Waals surface area contributed by atoms with E-state index in [0.29, 0.717) is 10.8 Å². The summed E-state index contributed by atoms with van der Waals surface area (Å²) in [4.78, 5) is 0. The molecule has 3 unspecified atom stereocenters. The van der Waals surface area contributed by atoms with Crippen molar-refractivity contribution in [1.82, 2.24) is 0 Å². The van der Waals surface area contributed by atoms with Crippen molar-refractivity contribution < 1.29 is 0 Å². The lowest BCUT2D eigenvalue weighted by Gasteiger charge is -2.59. The molecule has 0 aromatic rings. The highest BCUT2D eigenvalue weighted by molar-refractivity contribution is 5.25. The molecule has 0 heterocycles. The van der Waals surface area contributed by atoms with Crippen LogP contribution >= 0.6 is 0 Å². The first kappa shape index (κ1) is 22.9. The van der Waals surface area contributed by atoms with Crippen molar-refractivity contribution in [2.45, 2.75) is 119 Å². The lowest BCUT2D eigenvalue weighted by atomic mass is 9.46. The van der Waals surface area contributed by atoms with Crippen LogP contribution in [0, 0.1) is 58.2 Å². The van der Waals surface area contributed by atoms with Crippen LogP contribution in [0.15, 0.2) is 11.6 Å². The fourth-order valence-electron chi connectivity index (χ4n) is 9.28. The smallest absolute Gasteiger partial charge is 0.00851 e. The summed E-state index contributed by atoms with van der Waals surface area (Å²) in [5.41, 5.74) is 3.06. The Bertz CT molecular complexity index is 626. The van der Waals surface area contributed by atoms with E-state index < -0.39 is 0 Å². The fraction of sp³-hybridized carbons (Fsp3) is 0.933. The van der Waals surface area contributed by atoms with Gasteiger partial charge in [0.05, 0.1) is 0 Å². The van der Waals surface area contributed by atoms with E-state index in [1.807, 2.05) is 5.57 Å². The molecule has 4 rings (SSSR count). The maximum absolute atomic E-state index is 2.78. The van der Waals surface area contributed by atoms with Crippen molar-refractivity contribution in [3.05, 3.63) is 11.6 Å². The summed E-state index contributed by atoms with van der Waals surface area (Å²) in [5, 5.41) is 0. The first-order chi connectivity index (χ1) is 14.2. The van der Waals surface area contributed by atoms with Gasteiger partial charge in [0.1, 0.15) is 0 Å². The van der Waals surface area contributed by atoms with Crippen molar-refractivity contribution in [2.24, 2.45) is 58.2 Å². The maximum atomic E-state index is 2.78. The number of hydrogen-bond acceptors (Lipinski definition) is 0. The van der Waals surface area contributed by atoms with E-state index in [-0.39, 0.29) is 0 Å².